The summed E-state index contributed by atoms with van der Waals surface area (Å²) in [6, 6.07) is 13.0. The number of hydrogen-bond donors (Lipinski definition) is 0. The van der Waals surface area contributed by atoms with E-state index in [4.69, 9.17) is 9.47 Å². The zero-order valence-electron chi connectivity index (χ0n) is 21.7. The van der Waals surface area contributed by atoms with Crippen LogP contribution in [0.1, 0.15) is 33.4 Å². The molecule has 0 aliphatic carbocycles. The predicted octanol–water partition coefficient (Wildman–Crippen LogP) is 4.73. The van der Waals surface area contributed by atoms with Crippen LogP contribution in [0.2, 0.25) is 0 Å². The molecule has 0 spiro atoms. The van der Waals surface area contributed by atoms with Gasteiger partial charge in [-0.1, -0.05) is 24.3 Å². The van der Waals surface area contributed by atoms with E-state index >= 15 is 0 Å². The van der Waals surface area contributed by atoms with E-state index in [0.29, 0.717) is 0 Å². The maximum Gasteiger partial charge on any atom is 0.243 e. The molecule has 9 heteroatoms. The maximum atomic E-state index is 13.8. The molecule has 0 heterocycles. The number of ether oxygens (including phenoxy) is 2. The van der Waals surface area contributed by atoms with Crippen LogP contribution in [0, 0.1) is 27.7 Å². The molecule has 0 bridgehead atoms. The van der Waals surface area contributed by atoms with Crippen LogP contribution in [0.4, 0.5) is 0 Å². The van der Waals surface area contributed by atoms with E-state index in [1.54, 1.807) is 14.2 Å². The average Bonchev–Trinajstić information content (AvgIpc) is 2.78. The molecule has 3 rings (SSSR count). The molecule has 0 aliphatic rings. The molecule has 0 radical (unpaired) electrons. The van der Waals surface area contributed by atoms with E-state index in [-0.39, 0.29) is 22.9 Å². The minimum atomic E-state index is -3.97. The molecule has 0 unspecified atom stereocenters. The van der Waals surface area contributed by atoms with Crippen molar-refractivity contribution < 1.29 is 26.3 Å². The second-order valence-electron chi connectivity index (χ2n) is 9.04. The highest BCUT2D eigenvalue weighted by Gasteiger charge is 2.26. The van der Waals surface area contributed by atoms with Crippen molar-refractivity contribution in [1.82, 2.24) is 4.31 Å². The molecule has 7 nitrogen and oxygen atoms in total. The van der Waals surface area contributed by atoms with Gasteiger partial charge in [0.15, 0.2) is 9.84 Å². The lowest BCUT2D eigenvalue weighted by atomic mass is 10.0. The molecule has 0 atom stereocenters. The summed E-state index contributed by atoms with van der Waals surface area (Å²) in [5, 5.41) is 0. The monoisotopic (exact) mass is 531 g/mol. The molecular formula is C27H33NO6S2. The van der Waals surface area contributed by atoms with Gasteiger partial charge in [0.25, 0.3) is 0 Å². The van der Waals surface area contributed by atoms with Crippen LogP contribution >= 0.6 is 0 Å². The molecule has 0 saturated heterocycles. The van der Waals surface area contributed by atoms with Gasteiger partial charge >= 0.3 is 0 Å². The normalized spacial score (nSPS) is 12.1. The molecule has 0 aromatic heterocycles. The number of hydrogen-bond acceptors (Lipinski definition) is 6. The van der Waals surface area contributed by atoms with Crippen molar-refractivity contribution >= 4 is 19.9 Å². The Bertz CT molecular complexity index is 1370. The van der Waals surface area contributed by atoms with Crippen LogP contribution in [-0.2, 0) is 33.0 Å². The van der Waals surface area contributed by atoms with E-state index in [1.165, 1.54) is 28.6 Å². The smallest absolute Gasteiger partial charge is 0.243 e. The Hall–Kier alpha value is -2.88. The molecule has 3 aromatic rings. The van der Waals surface area contributed by atoms with Crippen LogP contribution in [0.25, 0.3) is 0 Å². The Balaban J connectivity index is 2.08. The summed E-state index contributed by atoms with van der Waals surface area (Å²) in [6.45, 7) is 7.96. The lowest BCUT2D eigenvalue weighted by Crippen LogP contribution is -2.30. The molecule has 0 saturated carbocycles. The molecule has 0 amide bonds. The van der Waals surface area contributed by atoms with Crippen LogP contribution in [-0.4, -0.2) is 41.6 Å². The van der Waals surface area contributed by atoms with E-state index in [2.05, 4.69) is 0 Å². The molecule has 194 valence electrons. The quantitative estimate of drug-likeness (QED) is 0.397. The van der Waals surface area contributed by atoms with Gasteiger partial charge in [-0.2, -0.15) is 4.31 Å². The van der Waals surface area contributed by atoms with Gasteiger partial charge in [0, 0.05) is 19.3 Å². The maximum absolute atomic E-state index is 13.8. The average molecular weight is 532 g/mol. The third kappa shape index (κ3) is 5.91. The lowest BCUT2D eigenvalue weighted by Gasteiger charge is -2.24. The van der Waals surface area contributed by atoms with Gasteiger partial charge in [-0.3, -0.25) is 0 Å². The van der Waals surface area contributed by atoms with Crippen molar-refractivity contribution in [3.63, 3.8) is 0 Å². The van der Waals surface area contributed by atoms with Gasteiger partial charge in [-0.15, -0.1) is 0 Å². The van der Waals surface area contributed by atoms with Gasteiger partial charge in [0.2, 0.25) is 10.0 Å². The van der Waals surface area contributed by atoms with Gasteiger partial charge < -0.3 is 9.47 Å². The van der Waals surface area contributed by atoms with Crippen molar-refractivity contribution in [2.45, 2.75) is 50.6 Å². The van der Waals surface area contributed by atoms with Crippen LogP contribution < -0.4 is 9.47 Å². The van der Waals surface area contributed by atoms with Gasteiger partial charge in [0.1, 0.15) is 11.5 Å². The second kappa shape index (κ2) is 10.6. The number of nitrogens with zero attached hydrogens (tertiary/aromatic N) is 1. The van der Waals surface area contributed by atoms with E-state index in [9.17, 15) is 16.8 Å². The van der Waals surface area contributed by atoms with Gasteiger partial charge in [0.05, 0.1) is 24.0 Å². The van der Waals surface area contributed by atoms with Crippen molar-refractivity contribution in [1.29, 1.82) is 0 Å². The topological polar surface area (TPSA) is 90.0 Å². The Labute approximate surface area is 214 Å². The summed E-state index contributed by atoms with van der Waals surface area (Å²) in [5.74, 6) is 1.54. The Morgan fingerprint density at radius 1 is 0.639 bits per heavy atom. The lowest BCUT2D eigenvalue weighted by molar-refractivity contribution is 0.395. The SMILES string of the molecule is COc1c(C)cc(CN(Cc2cc(C)c(OC)c(C)c2)S(=O)(=O)c2ccc(S(C)(=O)=O)cc2)cc1C. The van der Waals surface area contributed by atoms with E-state index in [1.807, 2.05) is 52.0 Å². The zero-order chi connectivity index (χ0) is 26.8. The van der Waals surface area contributed by atoms with Crippen LogP contribution in [0.15, 0.2) is 58.3 Å². The van der Waals surface area contributed by atoms with Gasteiger partial charge in [-0.25, -0.2) is 16.8 Å². The Morgan fingerprint density at radius 2 is 0.972 bits per heavy atom. The Kier molecular flexibility index (Phi) is 8.17. The minimum absolute atomic E-state index is 0.0267. The molecule has 0 fully saturated rings. The zero-order valence-corrected chi connectivity index (χ0v) is 23.4. The highest BCUT2D eigenvalue weighted by Crippen LogP contribution is 2.30. The fourth-order valence-electron chi connectivity index (χ4n) is 4.55. The summed E-state index contributed by atoms with van der Waals surface area (Å²) in [7, 11) is -4.19. The van der Waals surface area contributed by atoms with Gasteiger partial charge in [-0.05, 0) is 85.3 Å². The van der Waals surface area contributed by atoms with E-state index in [0.717, 1.165) is 51.1 Å². The first-order valence-electron chi connectivity index (χ1n) is 11.4. The van der Waals surface area contributed by atoms with E-state index < -0.39 is 19.9 Å². The number of aryl methyl sites for hydroxylation is 4. The van der Waals surface area contributed by atoms with Crippen LogP contribution in [0.5, 0.6) is 11.5 Å². The minimum Gasteiger partial charge on any atom is -0.496 e. The van der Waals surface area contributed by atoms with Crippen molar-refractivity contribution in [2.24, 2.45) is 0 Å². The first-order valence-corrected chi connectivity index (χ1v) is 14.7. The second-order valence-corrected chi connectivity index (χ2v) is 13.0. The number of sulfone groups is 1. The highest BCUT2D eigenvalue weighted by atomic mass is 32.2. The summed E-state index contributed by atoms with van der Waals surface area (Å²) >= 11 is 0. The van der Waals surface area contributed by atoms with Crippen LogP contribution in [0.3, 0.4) is 0 Å². The molecule has 36 heavy (non-hydrogen) atoms. The molecular weight excluding hydrogens is 498 g/mol. The standard InChI is InChI=1S/C27H33NO6S2/c1-18-12-22(13-19(2)26(18)33-5)16-28(17-23-14-20(3)27(34-6)21(4)15-23)36(31,32)25-10-8-24(9-11-25)35(7,29)30/h8-15H,16-17H2,1-7H3. The van der Waals surface area contributed by atoms with Crippen molar-refractivity contribution in [3.8, 4) is 11.5 Å². The first-order chi connectivity index (χ1) is 16.8. The fourth-order valence-corrected chi connectivity index (χ4v) is 6.59. The number of sulfonamides is 1. The molecule has 0 aliphatic heterocycles. The highest BCUT2D eigenvalue weighted by molar-refractivity contribution is 7.90. The summed E-state index contributed by atoms with van der Waals surface area (Å²) in [6.07, 6.45) is 1.09. The Morgan fingerprint density at radius 3 is 1.28 bits per heavy atom. The third-order valence-electron chi connectivity index (χ3n) is 6.06. The van der Waals surface area contributed by atoms with Crippen molar-refractivity contribution in [2.75, 3.05) is 20.5 Å². The third-order valence-corrected chi connectivity index (χ3v) is 8.99. The first kappa shape index (κ1) is 27.7. The molecule has 3 aromatic carbocycles. The fraction of sp³-hybridized carbons (Fsp3) is 0.333. The number of rotatable bonds is 9. The number of methoxy groups -OCH3 is 2. The largest absolute Gasteiger partial charge is 0.496 e. The summed E-state index contributed by atoms with van der Waals surface area (Å²) in [4.78, 5) is 0.0922. The summed E-state index contributed by atoms with van der Waals surface area (Å²) in [5.41, 5.74) is 5.31. The van der Waals surface area contributed by atoms with Crippen molar-refractivity contribution in [3.05, 3.63) is 81.9 Å². The predicted molar refractivity (Wildman–Crippen MR) is 141 cm³/mol. The summed E-state index contributed by atoms with van der Waals surface area (Å²) < 4.78 is 63.7. The molecule has 0 N–H and O–H groups in total. The number of benzene rings is 3.